The summed E-state index contributed by atoms with van der Waals surface area (Å²) in [6.07, 6.45) is 1.81. The smallest absolute Gasteiger partial charge is 0.267 e. The number of nitro groups is 1. The number of hydrazone groups is 1. The molecule has 3 aromatic carbocycles. The fraction of sp³-hybridized carbons (Fsp3) is 0. The first-order valence-electron chi connectivity index (χ1n) is 8.63. The molecule has 3 aromatic rings. The molecule has 1 aliphatic heterocycles. The molecule has 0 unspecified atom stereocenters. The Labute approximate surface area is 161 Å². The van der Waals surface area contributed by atoms with E-state index < -0.39 is 4.92 Å². The van der Waals surface area contributed by atoms with Crippen LogP contribution in [0.15, 0.2) is 95.6 Å². The molecule has 0 saturated heterocycles. The van der Waals surface area contributed by atoms with Gasteiger partial charge in [0.2, 0.25) is 0 Å². The predicted molar refractivity (Wildman–Crippen MR) is 108 cm³/mol. The van der Waals surface area contributed by atoms with E-state index in [9.17, 15) is 14.9 Å². The lowest BCUT2D eigenvalue weighted by atomic mass is 10.0. The van der Waals surface area contributed by atoms with Gasteiger partial charge >= 0.3 is 0 Å². The first-order chi connectivity index (χ1) is 13.6. The number of carbonyl (C=O) groups is 1. The Hall–Kier alpha value is -4.06. The van der Waals surface area contributed by atoms with Crippen LogP contribution in [-0.4, -0.2) is 16.5 Å². The summed E-state index contributed by atoms with van der Waals surface area (Å²) >= 11 is 0. The molecule has 1 heterocycles. The van der Waals surface area contributed by atoms with Gasteiger partial charge in [0.15, 0.2) is 0 Å². The normalized spacial score (nSPS) is 15.0. The number of amides is 1. The van der Waals surface area contributed by atoms with Crippen LogP contribution in [0.25, 0.3) is 6.08 Å². The van der Waals surface area contributed by atoms with Crippen LogP contribution < -0.4 is 5.01 Å². The van der Waals surface area contributed by atoms with Gasteiger partial charge in [0.1, 0.15) is 5.71 Å². The molecule has 0 spiro atoms. The maximum Gasteiger partial charge on any atom is 0.281 e. The zero-order valence-corrected chi connectivity index (χ0v) is 14.7. The lowest BCUT2D eigenvalue weighted by Crippen LogP contribution is -2.21. The second kappa shape index (κ2) is 7.28. The molecular formula is C22H15N3O3. The fourth-order valence-electron chi connectivity index (χ4n) is 2.96. The average Bonchev–Trinajstić information content (AvgIpc) is 3.06. The summed E-state index contributed by atoms with van der Waals surface area (Å²) in [5.41, 5.74) is 3.18. The van der Waals surface area contributed by atoms with E-state index in [0.29, 0.717) is 17.0 Å². The molecule has 28 heavy (non-hydrogen) atoms. The van der Waals surface area contributed by atoms with E-state index in [4.69, 9.17) is 0 Å². The third-order valence-electron chi connectivity index (χ3n) is 4.34. The van der Waals surface area contributed by atoms with Crippen LogP contribution in [0.1, 0.15) is 11.1 Å². The molecule has 1 amide bonds. The van der Waals surface area contributed by atoms with Gasteiger partial charge in [-0.25, -0.2) is 0 Å². The van der Waals surface area contributed by atoms with E-state index >= 15 is 0 Å². The third-order valence-corrected chi connectivity index (χ3v) is 4.34. The summed E-state index contributed by atoms with van der Waals surface area (Å²) in [5, 5.41) is 16.7. The van der Waals surface area contributed by atoms with Crippen LogP contribution in [0.2, 0.25) is 0 Å². The van der Waals surface area contributed by atoms with Crippen LogP contribution in [0.4, 0.5) is 11.4 Å². The summed E-state index contributed by atoms with van der Waals surface area (Å²) in [5.74, 6) is -0.281. The topological polar surface area (TPSA) is 75.8 Å². The molecule has 4 rings (SSSR count). The molecule has 1 aliphatic rings. The van der Waals surface area contributed by atoms with Crippen LogP contribution in [0.3, 0.4) is 0 Å². The molecule has 0 N–H and O–H groups in total. The van der Waals surface area contributed by atoms with Gasteiger partial charge in [-0.3, -0.25) is 14.9 Å². The Balaban J connectivity index is 1.79. The van der Waals surface area contributed by atoms with Crippen LogP contribution in [-0.2, 0) is 4.79 Å². The second-order valence-corrected chi connectivity index (χ2v) is 6.17. The van der Waals surface area contributed by atoms with Gasteiger partial charge in [-0.2, -0.15) is 10.1 Å². The Morgan fingerprint density at radius 3 is 2.07 bits per heavy atom. The van der Waals surface area contributed by atoms with Gasteiger partial charge in [-0.15, -0.1) is 0 Å². The van der Waals surface area contributed by atoms with Gasteiger partial charge in [0, 0.05) is 17.7 Å². The van der Waals surface area contributed by atoms with Crippen molar-refractivity contribution in [3.63, 3.8) is 0 Å². The van der Waals surface area contributed by atoms with Crippen LogP contribution in [0.5, 0.6) is 0 Å². The number of benzene rings is 3. The molecule has 0 fully saturated rings. The van der Waals surface area contributed by atoms with Crippen molar-refractivity contribution in [2.24, 2.45) is 5.10 Å². The third kappa shape index (κ3) is 3.31. The van der Waals surface area contributed by atoms with Crippen molar-refractivity contribution in [2.75, 3.05) is 5.01 Å². The highest BCUT2D eigenvalue weighted by molar-refractivity contribution is 6.37. The molecule has 136 valence electrons. The molecular weight excluding hydrogens is 354 g/mol. The number of hydrogen-bond donors (Lipinski definition) is 0. The minimum absolute atomic E-state index is 0.0392. The lowest BCUT2D eigenvalue weighted by molar-refractivity contribution is -0.384. The first kappa shape index (κ1) is 17.4. The number of anilines is 1. The fourth-order valence-corrected chi connectivity index (χ4v) is 2.96. The molecule has 6 nitrogen and oxygen atoms in total. The summed E-state index contributed by atoms with van der Waals surface area (Å²) in [6, 6.07) is 24.8. The second-order valence-electron chi connectivity index (χ2n) is 6.17. The minimum Gasteiger partial charge on any atom is -0.267 e. The Morgan fingerprint density at radius 1 is 0.857 bits per heavy atom. The maximum absolute atomic E-state index is 13.1. The van der Waals surface area contributed by atoms with Crippen molar-refractivity contribution in [1.29, 1.82) is 0 Å². The van der Waals surface area contributed by atoms with Crippen molar-refractivity contribution in [3.8, 4) is 0 Å². The minimum atomic E-state index is -0.477. The van der Waals surface area contributed by atoms with Gasteiger partial charge in [0.05, 0.1) is 16.2 Å². The van der Waals surface area contributed by atoms with Crippen LogP contribution >= 0.6 is 0 Å². The molecule has 0 saturated carbocycles. The molecule has 0 aromatic heterocycles. The summed E-state index contributed by atoms with van der Waals surface area (Å²) in [6.45, 7) is 0. The standard InChI is InChI=1S/C22H15N3O3/c26-22-20(15-16-7-3-1-4-8-16)21(17-9-5-2-6-10-17)23-24(22)18-11-13-19(14-12-18)25(27)28/h1-15H/b20-15-. The Bertz CT molecular complexity index is 1090. The number of rotatable bonds is 4. The molecule has 6 heteroatoms. The molecule has 0 atom stereocenters. The Morgan fingerprint density at radius 2 is 1.46 bits per heavy atom. The van der Waals surface area contributed by atoms with E-state index in [2.05, 4.69) is 5.10 Å². The number of carbonyl (C=O) groups excluding carboxylic acids is 1. The van der Waals surface area contributed by atoms with E-state index in [1.165, 1.54) is 29.3 Å². The molecule has 0 radical (unpaired) electrons. The quantitative estimate of drug-likeness (QED) is 0.388. The van der Waals surface area contributed by atoms with Crippen molar-refractivity contribution in [2.45, 2.75) is 0 Å². The van der Waals surface area contributed by atoms with Gasteiger partial charge in [-0.1, -0.05) is 60.7 Å². The predicted octanol–water partition coefficient (Wildman–Crippen LogP) is 4.43. The maximum atomic E-state index is 13.1. The number of hydrogen-bond acceptors (Lipinski definition) is 4. The first-order valence-corrected chi connectivity index (χ1v) is 8.63. The highest BCUT2D eigenvalue weighted by atomic mass is 16.6. The molecule has 0 bridgehead atoms. The summed E-state index contributed by atoms with van der Waals surface area (Å²) in [4.78, 5) is 23.5. The lowest BCUT2D eigenvalue weighted by Gasteiger charge is -2.11. The van der Waals surface area contributed by atoms with E-state index in [1.807, 2.05) is 60.7 Å². The van der Waals surface area contributed by atoms with Crippen molar-refractivity contribution in [1.82, 2.24) is 0 Å². The number of nitro benzene ring substituents is 1. The van der Waals surface area contributed by atoms with Crippen molar-refractivity contribution < 1.29 is 9.72 Å². The van der Waals surface area contributed by atoms with E-state index in [0.717, 1.165) is 11.1 Å². The highest BCUT2D eigenvalue weighted by Crippen LogP contribution is 2.29. The summed E-state index contributed by atoms with van der Waals surface area (Å²) < 4.78 is 0. The van der Waals surface area contributed by atoms with Gasteiger partial charge in [0.25, 0.3) is 11.6 Å². The van der Waals surface area contributed by atoms with Gasteiger partial charge in [-0.05, 0) is 23.8 Å². The highest BCUT2D eigenvalue weighted by Gasteiger charge is 2.32. The largest absolute Gasteiger partial charge is 0.281 e. The van der Waals surface area contributed by atoms with Crippen molar-refractivity contribution >= 4 is 29.1 Å². The van der Waals surface area contributed by atoms with E-state index in [1.54, 1.807) is 6.08 Å². The van der Waals surface area contributed by atoms with Crippen molar-refractivity contribution in [3.05, 3.63) is 112 Å². The SMILES string of the molecule is O=C1/C(=C\c2ccccc2)C(c2ccccc2)=NN1c1ccc([N+](=O)[O-])cc1. The van der Waals surface area contributed by atoms with Crippen LogP contribution in [0, 0.1) is 10.1 Å². The summed E-state index contributed by atoms with van der Waals surface area (Å²) in [7, 11) is 0. The average molecular weight is 369 g/mol. The zero-order chi connectivity index (χ0) is 19.5. The Kier molecular flexibility index (Phi) is 4.51. The monoisotopic (exact) mass is 369 g/mol. The number of nitrogens with zero attached hydrogens (tertiary/aromatic N) is 3. The van der Waals surface area contributed by atoms with Gasteiger partial charge < -0.3 is 0 Å². The zero-order valence-electron chi connectivity index (χ0n) is 14.7. The van der Waals surface area contributed by atoms with E-state index in [-0.39, 0.29) is 11.6 Å². The molecule has 0 aliphatic carbocycles. The number of non-ortho nitro benzene ring substituents is 1.